The van der Waals surface area contributed by atoms with Crippen LogP contribution >= 0.6 is 0 Å². The molecule has 1 aromatic carbocycles. The summed E-state index contributed by atoms with van der Waals surface area (Å²) in [5.41, 5.74) is 5.62. The van der Waals surface area contributed by atoms with Crippen molar-refractivity contribution >= 4 is 12.2 Å². The van der Waals surface area contributed by atoms with Gasteiger partial charge in [-0.05, 0) is 48.4 Å². The summed E-state index contributed by atoms with van der Waals surface area (Å²) in [4.78, 5) is 2.50. The first-order valence-corrected chi connectivity index (χ1v) is 7.08. The van der Waals surface area contributed by atoms with Gasteiger partial charge in [0.2, 0.25) is 0 Å². The maximum Gasteiger partial charge on any atom is 0.0226 e. The van der Waals surface area contributed by atoms with E-state index in [-0.39, 0.29) is 0 Å². The van der Waals surface area contributed by atoms with Crippen LogP contribution in [0, 0.1) is 12.3 Å². The Balaban J connectivity index is 2.27. The zero-order valence-electron chi connectivity index (χ0n) is 12.7. The zero-order chi connectivity index (χ0) is 14.0. The normalized spacial score (nSPS) is 18.7. The van der Waals surface area contributed by atoms with E-state index in [1.54, 1.807) is 0 Å². The van der Waals surface area contributed by atoms with E-state index in [9.17, 15) is 0 Å². The smallest absolute Gasteiger partial charge is 0.0226 e. The minimum absolute atomic E-state index is 0.447. The molecular formula is C18H25N. The molecule has 0 bridgehead atoms. The molecule has 19 heavy (non-hydrogen) atoms. The number of rotatable bonds is 3. The third-order valence-corrected chi connectivity index (χ3v) is 4.10. The zero-order valence-corrected chi connectivity index (χ0v) is 12.7. The molecule has 0 N–H and O–H groups in total. The molecule has 0 saturated carbocycles. The van der Waals surface area contributed by atoms with Gasteiger partial charge in [-0.3, -0.25) is 0 Å². The van der Waals surface area contributed by atoms with Crippen LogP contribution in [0.1, 0.15) is 43.9 Å². The fourth-order valence-corrected chi connectivity index (χ4v) is 2.84. The van der Waals surface area contributed by atoms with Crippen LogP contribution in [0.2, 0.25) is 0 Å². The number of hydrogen-bond acceptors (Lipinski definition) is 1. The van der Waals surface area contributed by atoms with Crippen molar-refractivity contribution < 1.29 is 0 Å². The first kappa shape index (κ1) is 13.9. The quantitative estimate of drug-likeness (QED) is 0.754. The van der Waals surface area contributed by atoms with Crippen LogP contribution in [-0.2, 0) is 0 Å². The maximum absolute atomic E-state index is 3.94. The van der Waals surface area contributed by atoms with Crippen LogP contribution in [0.25, 0.3) is 12.2 Å². The number of likely N-dealkylation sites (tertiary alicyclic amines) is 1. The molecule has 1 aromatic rings. The molecule has 0 spiro atoms. The van der Waals surface area contributed by atoms with Gasteiger partial charge in [0.1, 0.15) is 0 Å². The minimum atomic E-state index is 0.447. The second-order valence-electron chi connectivity index (χ2n) is 6.40. The number of allylic oxidation sites excluding steroid dienone is 1. The van der Waals surface area contributed by atoms with E-state index in [1.807, 2.05) is 6.08 Å². The number of nitrogens with zero attached hydrogens (tertiary/aromatic N) is 1. The van der Waals surface area contributed by atoms with Gasteiger partial charge in [0.15, 0.2) is 0 Å². The van der Waals surface area contributed by atoms with E-state index in [2.05, 4.69) is 63.4 Å². The van der Waals surface area contributed by atoms with Gasteiger partial charge in [0.05, 0.1) is 0 Å². The summed E-state index contributed by atoms with van der Waals surface area (Å²) in [6, 6.07) is 6.44. The van der Waals surface area contributed by atoms with Crippen LogP contribution in [0.3, 0.4) is 0 Å². The van der Waals surface area contributed by atoms with Crippen molar-refractivity contribution in [2.24, 2.45) is 5.41 Å². The summed E-state index contributed by atoms with van der Waals surface area (Å²) in [6.45, 7) is 15.3. The number of benzene rings is 1. The Labute approximate surface area is 117 Å². The second kappa shape index (κ2) is 5.24. The second-order valence-corrected chi connectivity index (χ2v) is 6.40. The van der Waals surface area contributed by atoms with Gasteiger partial charge in [-0.15, -0.1) is 0 Å². The molecule has 1 fully saturated rings. The molecule has 2 rings (SSSR count). The monoisotopic (exact) mass is 255 g/mol. The Morgan fingerprint density at radius 1 is 1.37 bits per heavy atom. The molecule has 1 saturated heterocycles. The standard InChI is InChI=1S/C18H25N/c1-6-17-14(2)8-7-9-16(17)12-15(3)19-11-10-18(4,5)13-19/h6-9,12H,1,10-11,13H2,2-5H3/b15-12+. The highest BCUT2D eigenvalue weighted by atomic mass is 15.2. The first-order valence-electron chi connectivity index (χ1n) is 7.08. The van der Waals surface area contributed by atoms with Gasteiger partial charge in [0, 0.05) is 18.8 Å². The molecule has 0 aromatic heterocycles. The Bertz CT molecular complexity index is 508. The van der Waals surface area contributed by atoms with Crippen molar-refractivity contribution in [2.45, 2.75) is 34.1 Å². The average Bonchev–Trinajstić information content (AvgIpc) is 2.70. The summed E-state index contributed by atoms with van der Waals surface area (Å²) >= 11 is 0. The lowest BCUT2D eigenvalue weighted by Crippen LogP contribution is -2.21. The summed E-state index contributed by atoms with van der Waals surface area (Å²) in [6.07, 6.45) is 5.54. The van der Waals surface area contributed by atoms with Crippen molar-refractivity contribution in [2.75, 3.05) is 13.1 Å². The third kappa shape index (κ3) is 3.09. The summed E-state index contributed by atoms with van der Waals surface area (Å²) in [5, 5.41) is 0. The molecule has 1 heterocycles. The fourth-order valence-electron chi connectivity index (χ4n) is 2.84. The van der Waals surface area contributed by atoms with Crippen LogP contribution in [0.5, 0.6) is 0 Å². The molecular weight excluding hydrogens is 230 g/mol. The summed E-state index contributed by atoms with van der Waals surface area (Å²) in [7, 11) is 0. The molecule has 1 aliphatic heterocycles. The van der Waals surface area contributed by atoms with Crippen LogP contribution in [0.4, 0.5) is 0 Å². The highest BCUT2D eigenvalue weighted by Crippen LogP contribution is 2.31. The van der Waals surface area contributed by atoms with Crippen molar-refractivity contribution in [1.29, 1.82) is 0 Å². The number of aryl methyl sites for hydroxylation is 1. The lowest BCUT2D eigenvalue weighted by molar-refractivity contribution is 0.344. The molecule has 0 aliphatic carbocycles. The molecule has 1 heteroatoms. The van der Waals surface area contributed by atoms with Crippen LogP contribution in [-0.4, -0.2) is 18.0 Å². The van der Waals surface area contributed by atoms with Crippen LogP contribution in [0.15, 0.2) is 30.5 Å². The fraction of sp³-hybridized carbons (Fsp3) is 0.444. The Morgan fingerprint density at radius 2 is 2.11 bits per heavy atom. The van der Waals surface area contributed by atoms with Gasteiger partial charge in [-0.25, -0.2) is 0 Å². The van der Waals surface area contributed by atoms with E-state index in [0.717, 1.165) is 6.54 Å². The first-order chi connectivity index (χ1) is 8.93. The average molecular weight is 255 g/mol. The van der Waals surface area contributed by atoms with E-state index >= 15 is 0 Å². The molecule has 102 valence electrons. The summed E-state index contributed by atoms with van der Waals surface area (Å²) < 4.78 is 0. The predicted octanol–water partition coefficient (Wildman–Crippen LogP) is 4.73. The van der Waals surface area contributed by atoms with Gasteiger partial charge in [-0.1, -0.05) is 44.7 Å². The van der Waals surface area contributed by atoms with Gasteiger partial charge in [0.25, 0.3) is 0 Å². The van der Waals surface area contributed by atoms with E-state index < -0.39 is 0 Å². The van der Waals surface area contributed by atoms with Crippen molar-refractivity contribution in [3.05, 3.63) is 47.2 Å². The van der Waals surface area contributed by atoms with E-state index in [1.165, 1.54) is 35.4 Å². The SMILES string of the molecule is C=Cc1c(C)cccc1/C=C(\C)N1CCC(C)(C)C1. The highest BCUT2D eigenvalue weighted by Gasteiger charge is 2.29. The van der Waals surface area contributed by atoms with E-state index in [4.69, 9.17) is 0 Å². The summed E-state index contributed by atoms with van der Waals surface area (Å²) in [5.74, 6) is 0. The minimum Gasteiger partial charge on any atom is -0.374 e. The Morgan fingerprint density at radius 3 is 2.68 bits per heavy atom. The molecule has 0 radical (unpaired) electrons. The van der Waals surface area contributed by atoms with Gasteiger partial charge >= 0.3 is 0 Å². The number of hydrogen-bond donors (Lipinski definition) is 0. The predicted molar refractivity (Wildman–Crippen MR) is 84.9 cm³/mol. The van der Waals surface area contributed by atoms with E-state index in [0.29, 0.717) is 5.41 Å². The van der Waals surface area contributed by atoms with Gasteiger partial charge in [-0.2, -0.15) is 0 Å². The Kier molecular flexibility index (Phi) is 3.84. The largest absolute Gasteiger partial charge is 0.374 e. The maximum atomic E-state index is 3.94. The lowest BCUT2D eigenvalue weighted by Gasteiger charge is -2.22. The molecule has 1 aliphatic rings. The van der Waals surface area contributed by atoms with Crippen LogP contribution < -0.4 is 0 Å². The highest BCUT2D eigenvalue weighted by molar-refractivity contribution is 5.67. The van der Waals surface area contributed by atoms with Crippen molar-refractivity contribution in [3.8, 4) is 0 Å². The Hall–Kier alpha value is -1.50. The van der Waals surface area contributed by atoms with Gasteiger partial charge < -0.3 is 4.90 Å². The van der Waals surface area contributed by atoms with Crippen molar-refractivity contribution in [3.63, 3.8) is 0 Å². The third-order valence-electron chi connectivity index (χ3n) is 4.10. The molecule has 1 nitrogen and oxygen atoms in total. The topological polar surface area (TPSA) is 3.24 Å². The molecule has 0 amide bonds. The van der Waals surface area contributed by atoms with Crippen molar-refractivity contribution in [1.82, 2.24) is 4.90 Å². The lowest BCUT2D eigenvalue weighted by atomic mass is 9.93. The molecule has 0 unspecified atom stereocenters. The molecule has 0 atom stereocenters.